The minimum Gasteiger partial charge on any atom is -0.380 e. The van der Waals surface area contributed by atoms with Crippen LogP contribution in [0, 0.1) is 5.92 Å². The van der Waals surface area contributed by atoms with E-state index in [4.69, 9.17) is 10.5 Å². The lowest BCUT2D eigenvalue weighted by Crippen LogP contribution is -2.43. The molecule has 0 aliphatic heterocycles. The van der Waals surface area contributed by atoms with Gasteiger partial charge in [0, 0.05) is 25.7 Å². The maximum atomic E-state index is 5.82. The normalized spacial score (nSPS) is 13.8. The Labute approximate surface area is 95.0 Å². The Bertz CT molecular complexity index is 140. The van der Waals surface area contributed by atoms with Crippen molar-refractivity contribution in [2.75, 3.05) is 32.8 Å². The van der Waals surface area contributed by atoms with Gasteiger partial charge in [-0.2, -0.15) is 0 Å². The van der Waals surface area contributed by atoms with E-state index >= 15 is 0 Å². The van der Waals surface area contributed by atoms with Gasteiger partial charge in [-0.3, -0.25) is 4.90 Å². The molecule has 0 radical (unpaired) electrons. The lowest BCUT2D eigenvalue weighted by Gasteiger charge is -2.30. The molecule has 0 aromatic heterocycles. The predicted octanol–water partition coefficient (Wildman–Crippen LogP) is 1.72. The predicted molar refractivity (Wildman–Crippen MR) is 66.0 cm³/mol. The molecule has 3 heteroatoms. The van der Waals surface area contributed by atoms with Gasteiger partial charge in [0.25, 0.3) is 0 Å². The van der Waals surface area contributed by atoms with Crippen molar-refractivity contribution < 1.29 is 4.74 Å². The zero-order valence-corrected chi connectivity index (χ0v) is 10.8. The molecule has 3 nitrogen and oxygen atoms in total. The van der Waals surface area contributed by atoms with Crippen molar-refractivity contribution in [3.8, 4) is 0 Å². The SMILES string of the molecule is CCOCCN(CC)C(CN)CC(C)C. The molecule has 0 amide bonds. The zero-order valence-electron chi connectivity index (χ0n) is 10.8. The van der Waals surface area contributed by atoms with Gasteiger partial charge in [-0.05, 0) is 25.8 Å². The fraction of sp³-hybridized carbons (Fsp3) is 1.00. The van der Waals surface area contributed by atoms with Crippen LogP contribution in [-0.2, 0) is 4.74 Å². The van der Waals surface area contributed by atoms with Crippen molar-refractivity contribution in [2.45, 2.75) is 40.2 Å². The lowest BCUT2D eigenvalue weighted by atomic mass is 10.0. The van der Waals surface area contributed by atoms with Crippen molar-refractivity contribution in [1.29, 1.82) is 0 Å². The quantitative estimate of drug-likeness (QED) is 0.596. The molecular formula is C12H28N2O. The average Bonchev–Trinajstić information content (AvgIpc) is 2.21. The minimum atomic E-state index is 0.510. The van der Waals surface area contributed by atoms with E-state index in [1.807, 2.05) is 6.92 Å². The van der Waals surface area contributed by atoms with Crippen molar-refractivity contribution in [3.63, 3.8) is 0 Å². The van der Waals surface area contributed by atoms with Crippen molar-refractivity contribution >= 4 is 0 Å². The summed E-state index contributed by atoms with van der Waals surface area (Å²) in [4.78, 5) is 2.43. The van der Waals surface area contributed by atoms with Crippen LogP contribution in [0.25, 0.3) is 0 Å². The van der Waals surface area contributed by atoms with Crippen LogP contribution in [0.2, 0.25) is 0 Å². The topological polar surface area (TPSA) is 38.5 Å². The van der Waals surface area contributed by atoms with Crippen LogP contribution in [0.5, 0.6) is 0 Å². The number of likely N-dealkylation sites (N-methyl/N-ethyl adjacent to an activating group) is 1. The third kappa shape index (κ3) is 6.88. The Morgan fingerprint density at radius 2 is 1.93 bits per heavy atom. The largest absolute Gasteiger partial charge is 0.380 e. The summed E-state index contributed by atoms with van der Waals surface area (Å²) < 4.78 is 5.38. The molecule has 92 valence electrons. The Morgan fingerprint density at radius 3 is 2.33 bits per heavy atom. The Kier molecular flexibility index (Phi) is 9.06. The molecule has 0 aromatic rings. The summed E-state index contributed by atoms with van der Waals surface area (Å²) in [6, 6.07) is 0.510. The van der Waals surface area contributed by atoms with E-state index in [1.165, 1.54) is 6.42 Å². The molecule has 0 saturated carbocycles. The monoisotopic (exact) mass is 216 g/mol. The summed E-state index contributed by atoms with van der Waals surface area (Å²) in [5.41, 5.74) is 5.82. The fourth-order valence-corrected chi connectivity index (χ4v) is 1.86. The Hall–Kier alpha value is -0.120. The summed E-state index contributed by atoms with van der Waals surface area (Å²) in [7, 11) is 0. The first kappa shape index (κ1) is 14.9. The van der Waals surface area contributed by atoms with Crippen LogP contribution in [0.1, 0.15) is 34.1 Å². The van der Waals surface area contributed by atoms with Gasteiger partial charge in [-0.25, -0.2) is 0 Å². The van der Waals surface area contributed by atoms with E-state index in [1.54, 1.807) is 0 Å². The first-order valence-electron chi connectivity index (χ1n) is 6.17. The molecule has 0 aliphatic carbocycles. The molecule has 0 bridgehead atoms. The van der Waals surface area contributed by atoms with E-state index in [9.17, 15) is 0 Å². The highest BCUT2D eigenvalue weighted by atomic mass is 16.5. The summed E-state index contributed by atoms with van der Waals surface area (Å²) in [6.45, 7) is 13.1. The summed E-state index contributed by atoms with van der Waals surface area (Å²) >= 11 is 0. The Morgan fingerprint density at radius 1 is 1.27 bits per heavy atom. The van der Waals surface area contributed by atoms with Crippen LogP contribution in [0.4, 0.5) is 0 Å². The highest BCUT2D eigenvalue weighted by molar-refractivity contribution is 4.73. The van der Waals surface area contributed by atoms with Crippen molar-refractivity contribution in [3.05, 3.63) is 0 Å². The van der Waals surface area contributed by atoms with Gasteiger partial charge >= 0.3 is 0 Å². The van der Waals surface area contributed by atoms with E-state index in [-0.39, 0.29) is 0 Å². The van der Waals surface area contributed by atoms with Gasteiger partial charge in [0.2, 0.25) is 0 Å². The maximum absolute atomic E-state index is 5.82. The third-order valence-electron chi connectivity index (χ3n) is 2.67. The van der Waals surface area contributed by atoms with Crippen LogP contribution in [-0.4, -0.2) is 43.8 Å². The van der Waals surface area contributed by atoms with E-state index < -0.39 is 0 Å². The second kappa shape index (κ2) is 9.13. The number of nitrogens with two attached hydrogens (primary N) is 1. The Balaban J connectivity index is 3.96. The molecule has 2 N–H and O–H groups in total. The van der Waals surface area contributed by atoms with Gasteiger partial charge < -0.3 is 10.5 Å². The molecule has 0 saturated heterocycles. The number of hydrogen-bond donors (Lipinski definition) is 1. The smallest absolute Gasteiger partial charge is 0.0593 e. The second-order valence-electron chi connectivity index (χ2n) is 4.34. The molecule has 0 aliphatic rings. The van der Waals surface area contributed by atoms with E-state index in [0.29, 0.717) is 12.0 Å². The first-order chi connectivity index (χ1) is 7.15. The lowest BCUT2D eigenvalue weighted by molar-refractivity contribution is 0.0927. The van der Waals surface area contributed by atoms with Gasteiger partial charge in [0.05, 0.1) is 6.61 Å². The number of nitrogens with zero attached hydrogens (tertiary/aromatic N) is 1. The molecule has 0 heterocycles. The summed E-state index contributed by atoms with van der Waals surface area (Å²) in [5, 5.41) is 0. The third-order valence-corrected chi connectivity index (χ3v) is 2.67. The highest BCUT2D eigenvalue weighted by Crippen LogP contribution is 2.10. The van der Waals surface area contributed by atoms with Gasteiger partial charge in [0.1, 0.15) is 0 Å². The number of hydrogen-bond acceptors (Lipinski definition) is 3. The molecule has 0 aromatic carbocycles. The number of rotatable bonds is 9. The van der Waals surface area contributed by atoms with Crippen LogP contribution >= 0.6 is 0 Å². The van der Waals surface area contributed by atoms with Crippen molar-refractivity contribution in [2.24, 2.45) is 11.7 Å². The van der Waals surface area contributed by atoms with Gasteiger partial charge in [-0.15, -0.1) is 0 Å². The van der Waals surface area contributed by atoms with Crippen LogP contribution in [0.15, 0.2) is 0 Å². The summed E-state index contributed by atoms with van der Waals surface area (Å²) in [5.74, 6) is 0.708. The zero-order chi connectivity index (χ0) is 11.7. The van der Waals surface area contributed by atoms with Crippen molar-refractivity contribution in [1.82, 2.24) is 4.90 Å². The molecule has 0 rings (SSSR count). The fourth-order valence-electron chi connectivity index (χ4n) is 1.86. The molecular weight excluding hydrogens is 188 g/mol. The molecule has 15 heavy (non-hydrogen) atoms. The molecule has 1 unspecified atom stereocenters. The van der Waals surface area contributed by atoms with E-state index in [0.717, 1.165) is 32.8 Å². The standard InChI is InChI=1S/C12H28N2O/c1-5-14(7-8-15-6-2)12(10-13)9-11(3)4/h11-12H,5-10,13H2,1-4H3. The van der Waals surface area contributed by atoms with Crippen LogP contribution in [0.3, 0.4) is 0 Å². The average molecular weight is 216 g/mol. The maximum Gasteiger partial charge on any atom is 0.0593 e. The highest BCUT2D eigenvalue weighted by Gasteiger charge is 2.16. The van der Waals surface area contributed by atoms with E-state index in [2.05, 4.69) is 25.7 Å². The molecule has 0 spiro atoms. The minimum absolute atomic E-state index is 0.510. The second-order valence-corrected chi connectivity index (χ2v) is 4.34. The number of ether oxygens (including phenoxy) is 1. The molecule has 0 fully saturated rings. The summed E-state index contributed by atoms with van der Waals surface area (Å²) in [6.07, 6.45) is 1.18. The van der Waals surface area contributed by atoms with Gasteiger partial charge in [0.15, 0.2) is 0 Å². The van der Waals surface area contributed by atoms with Crippen LogP contribution < -0.4 is 5.73 Å². The first-order valence-corrected chi connectivity index (χ1v) is 6.17. The van der Waals surface area contributed by atoms with Gasteiger partial charge in [-0.1, -0.05) is 20.8 Å². The molecule has 1 atom stereocenters.